The summed E-state index contributed by atoms with van der Waals surface area (Å²) in [4.78, 5) is 26.2. The van der Waals surface area contributed by atoms with Crippen molar-refractivity contribution in [1.82, 2.24) is 40.2 Å². The van der Waals surface area contributed by atoms with Gasteiger partial charge in [-0.25, -0.2) is 24.0 Å². The van der Waals surface area contributed by atoms with E-state index in [9.17, 15) is 9.18 Å². The summed E-state index contributed by atoms with van der Waals surface area (Å²) in [5.41, 5.74) is 3.60. The number of carbonyl (C=O) groups is 1. The molecular weight excluding hydrogens is 449 g/mol. The van der Waals surface area contributed by atoms with Gasteiger partial charge >= 0.3 is 0 Å². The van der Waals surface area contributed by atoms with E-state index in [1.807, 2.05) is 39.0 Å². The van der Waals surface area contributed by atoms with Crippen LogP contribution in [0.2, 0.25) is 0 Å². The fourth-order valence-electron chi connectivity index (χ4n) is 4.16. The number of aryl methyl sites for hydroxylation is 2. The highest BCUT2D eigenvalue weighted by Gasteiger charge is 2.37. The molecule has 0 aromatic carbocycles. The van der Waals surface area contributed by atoms with Gasteiger partial charge in [0.25, 0.3) is 0 Å². The van der Waals surface area contributed by atoms with Crippen LogP contribution in [0.15, 0.2) is 42.9 Å². The van der Waals surface area contributed by atoms with Crippen molar-refractivity contribution in [2.45, 2.75) is 45.6 Å². The van der Waals surface area contributed by atoms with E-state index in [4.69, 9.17) is 0 Å². The van der Waals surface area contributed by atoms with E-state index >= 15 is 0 Å². The second kappa shape index (κ2) is 9.24. The zero-order valence-corrected chi connectivity index (χ0v) is 19.7. The number of halogens is 1. The third-order valence-electron chi connectivity index (χ3n) is 6.16. The molecule has 0 aliphatic heterocycles. The lowest BCUT2D eigenvalue weighted by Gasteiger charge is -2.34. The van der Waals surface area contributed by atoms with Crippen molar-refractivity contribution in [1.29, 1.82) is 0 Å². The van der Waals surface area contributed by atoms with Crippen LogP contribution in [0.4, 0.5) is 16.2 Å². The average molecular weight is 476 g/mol. The van der Waals surface area contributed by atoms with Crippen molar-refractivity contribution in [3.8, 4) is 5.82 Å². The van der Waals surface area contributed by atoms with Crippen molar-refractivity contribution in [2.24, 2.45) is 5.92 Å². The maximum absolute atomic E-state index is 13.2. The van der Waals surface area contributed by atoms with E-state index in [2.05, 4.69) is 40.9 Å². The van der Waals surface area contributed by atoms with E-state index in [-0.39, 0.29) is 23.8 Å². The molecule has 4 aromatic rings. The van der Waals surface area contributed by atoms with Crippen LogP contribution in [0.25, 0.3) is 5.82 Å². The zero-order chi connectivity index (χ0) is 24.5. The SMILES string of the molecule is Cc1cc(C2CC(C(=O)N[C@@H](C)c3ccc(-n4cc(F)cn4)nc3)C2)nc(Nc2cc(C)[nH]n2)n1. The maximum atomic E-state index is 13.2. The average Bonchev–Trinajstić information content (AvgIpc) is 3.40. The monoisotopic (exact) mass is 475 g/mol. The lowest BCUT2D eigenvalue weighted by Crippen LogP contribution is -2.39. The molecule has 4 aromatic heterocycles. The Morgan fingerprint density at radius 3 is 2.69 bits per heavy atom. The van der Waals surface area contributed by atoms with Crippen molar-refractivity contribution in [3.05, 3.63) is 71.3 Å². The van der Waals surface area contributed by atoms with Crippen LogP contribution in [-0.4, -0.2) is 40.8 Å². The molecule has 10 nitrogen and oxygen atoms in total. The quantitative estimate of drug-likeness (QED) is 0.372. The number of amides is 1. The van der Waals surface area contributed by atoms with E-state index in [0.29, 0.717) is 17.6 Å². The summed E-state index contributed by atoms with van der Waals surface area (Å²) >= 11 is 0. The molecule has 1 fully saturated rings. The Morgan fingerprint density at radius 2 is 2.03 bits per heavy atom. The summed E-state index contributed by atoms with van der Waals surface area (Å²) in [6.45, 7) is 5.77. The minimum Gasteiger partial charge on any atom is -0.349 e. The first-order valence-electron chi connectivity index (χ1n) is 11.5. The Labute approximate surface area is 201 Å². The Balaban J connectivity index is 1.16. The highest BCUT2D eigenvalue weighted by atomic mass is 19.1. The van der Waals surface area contributed by atoms with Gasteiger partial charge < -0.3 is 10.6 Å². The Kier molecular flexibility index (Phi) is 5.98. The van der Waals surface area contributed by atoms with Gasteiger partial charge in [0.15, 0.2) is 17.5 Å². The number of nitrogens with one attached hydrogen (secondary N) is 3. The Hall–Kier alpha value is -4.15. The standard InChI is InChI=1S/C24H26FN9O/c1-13-6-20(30-24(28-13)31-21-7-14(2)32-33-21)17-8-18(9-17)23(35)29-15(3)16-4-5-22(26-10-16)34-12-19(25)11-27-34/h4-7,10-12,15,17-18H,8-9H2,1-3H3,(H,29,35)(H2,28,30,31,32,33)/t15-,17?,18?/m0/s1. The fraction of sp³-hybridized carbons (Fsp3) is 0.333. The van der Waals surface area contributed by atoms with Crippen LogP contribution in [0.3, 0.4) is 0 Å². The minimum atomic E-state index is -0.423. The number of H-pyrrole nitrogens is 1. The van der Waals surface area contributed by atoms with Crippen molar-refractivity contribution in [3.63, 3.8) is 0 Å². The summed E-state index contributed by atoms with van der Waals surface area (Å²) in [5, 5.41) is 17.2. The highest BCUT2D eigenvalue weighted by Crippen LogP contribution is 2.41. The lowest BCUT2D eigenvalue weighted by atomic mass is 9.72. The van der Waals surface area contributed by atoms with Gasteiger partial charge in [-0.1, -0.05) is 6.07 Å². The minimum absolute atomic E-state index is 0.0168. The molecule has 0 spiro atoms. The predicted molar refractivity (Wildman–Crippen MR) is 127 cm³/mol. The molecule has 0 radical (unpaired) electrons. The Morgan fingerprint density at radius 1 is 1.20 bits per heavy atom. The normalized spacial score (nSPS) is 18.1. The van der Waals surface area contributed by atoms with Crippen molar-refractivity contribution < 1.29 is 9.18 Å². The van der Waals surface area contributed by atoms with Crippen LogP contribution in [0.5, 0.6) is 0 Å². The molecule has 5 rings (SSSR count). The number of aromatic nitrogens is 7. The predicted octanol–water partition coefficient (Wildman–Crippen LogP) is 3.65. The molecule has 0 unspecified atom stereocenters. The first-order chi connectivity index (χ1) is 16.8. The number of rotatable bonds is 7. The molecule has 1 atom stereocenters. The molecule has 1 amide bonds. The van der Waals surface area contributed by atoms with Crippen molar-refractivity contribution >= 4 is 17.7 Å². The van der Waals surface area contributed by atoms with Crippen LogP contribution < -0.4 is 10.6 Å². The summed E-state index contributed by atoms with van der Waals surface area (Å²) < 4.78 is 14.5. The number of nitrogens with zero attached hydrogens (tertiary/aromatic N) is 6. The number of carbonyl (C=O) groups excluding carboxylic acids is 1. The summed E-state index contributed by atoms with van der Waals surface area (Å²) in [6, 6.07) is 7.26. The lowest BCUT2D eigenvalue weighted by molar-refractivity contribution is -0.128. The first-order valence-corrected chi connectivity index (χ1v) is 11.5. The van der Waals surface area contributed by atoms with E-state index in [1.54, 1.807) is 12.3 Å². The third-order valence-corrected chi connectivity index (χ3v) is 6.16. The van der Waals surface area contributed by atoms with Gasteiger partial charge in [0, 0.05) is 41.2 Å². The second-order valence-electron chi connectivity index (χ2n) is 8.97. The second-order valence-corrected chi connectivity index (χ2v) is 8.97. The maximum Gasteiger partial charge on any atom is 0.228 e. The van der Waals surface area contributed by atoms with Crippen molar-refractivity contribution in [2.75, 3.05) is 5.32 Å². The van der Waals surface area contributed by atoms with Gasteiger partial charge in [-0.2, -0.15) is 10.2 Å². The molecule has 11 heteroatoms. The van der Waals surface area contributed by atoms with Crippen LogP contribution in [0, 0.1) is 25.6 Å². The molecule has 4 heterocycles. The molecule has 0 saturated heterocycles. The smallest absolute Gasteiger partial charge is 0.228 e. The van der Waals surface area contributed by atoms with Gasteiger partial charge in [-0.3, -0.25) is 9.89 Å². The van der Waals surface area contributed by atoms with Gasteiger partial charge in [0.1, 0.15) is 0 Å². The number of hydrogen-bond acceptors (Lipinski definition) is 7. The third kappa shape index (κ3) is 5.03. The van der Waals surface area contributed by atoms with Gasteiger partial charge in [0.2, 0.25) is 11.9 Å². The van der Waals surface area contributed by atoms with Gasteiger partial charge in [-0.15, -0.1) is 0 Å². The van der Waals surface area contributed by atoms with Crippen LogP contribution in [0.1, 0.15) is 54.4 Å². The molecule has 35 heavy (non-hydrogen) atoms. The van der Waals surface area contributed by atoms with E-state index in [0.717, 1.165) is 41.7 Å². The summed E-state index contributed by atoms with van der Waals surface area (Å²) in [6.07, 6.45) is 5.53. The molecule has 1 saturated carbocycles. The summed E-state index contributed by atoms with van der Waals surface area (Å²) in [7, 11) is 0. The van der Waals surface area contributed by atoms with Crippen LogP contribution >= 0.6 is 0 Å². The van der Waals surface area contributed by atoms with E-state index < -0.39 is 5.82 Å². The molecule has 1 aliphatic carbocycles. The topological polar surface area (TPSA) is 126 Å². The molecule has 1 aliphatic rings. The van der Waals surface area contributed by atoms with Crippen LogP contribution in [-0.2, 0) is 4.79 Å². The first kappa shape index (κ1) is 22.6. The highest BCUT2D eigenvalue weighted by molar-refractivity contribution is 5.80. The number of aromatic amines is 1. The molecule has 3 N–H and O–H groups in total. The van der Waals surface area contributed by atoms with E-state index in [1.165, 1.54) is 10.9 Å². The Bertz CT molecular complexity index is 1340. The zero-order valence-electron chi connectivity index (χ0n) is 19.7. The number of hydrogen-bond donors (Lipinski definition) is 3. The van der Waals surface area contributed by atoms with Gasteiger partial charge in [0.05, 0.1) is 18.4 Å². The molecular formula is C24H26FN9O. The fourth-order valence-corrected chi connectivity index (χ4v) is 4.16. The summed E-state index contributed by atoms with van der Waals surface area (Å²) in [5.74, 6) is 1.41. The number of pyridine rings is 1. The van der Waals surface area contributed by atoms with Gasteiger partial charge in [-0.05, 0) is 51.3 Å². The number of anilines is 2. The molecule has 0 bridgehead atoms. The molecule has 180 valence electrons. The largest absolute Gasteiger partial charge is 0.349 e.